The first-order chi connectivity index (χ1) is 8.88. The van der Waals surface area contributed by atoms with Gasteiger partial charge in [-0.25, -0.2) is 0 Å². The van der Waals surface area contributed by atoms with E-state index in [2.05, 4.69) is 10.1 Å². The molecule has 0 bridgehead atoms. The molecule has 1 aromatic heterocycles. The van der Waals surface area contributed by atoms with E-state index in [9.17, 15) is 4.79 Å². The number of carboxylic acids is 1. The molecule has 0 aromatic carbocycles. The second-order valence-corrected chi connectivity index (χ2v) is 5.11. The summed E-state index contributed by atoms with van der Waals surface area (Å²) in [7, 11) is 3.89. The van der Waals surface area contributed by atoms with Crippen LogP contribution >= 0.6 is 0 Å². The first-order valence-corrected chi connectivity index (χ1v) is 6.30. The normalized spacial score (nSPS) is 11.7. The van der Waals surface area contributed by atoms with Crippen LogP contribution in [0.4, 0.5) is 0 Å². The van der Waals surface area contributed by atoms with Crippen LogP contribution in [-0.2, 0) is 11.3 Å². The Labute approximate surface area is 113 Å². The van der Waals surface area contributed by atoms with E-state index in [1.807, 2.05) is 32.8 Å². The van der Waals surface area contributed by atoms with Crippen molar-refractivity contribution in [2.45, 2.75) is 26.3 Å². The Balaban J connectivity index is 2.61. The van der Waals surface area contributed by atoms with Gasteiger partial charge in [0.05, 0.1) is 13.1 Å². The maximum Gasteiger partial charge on any atom is 0.317 e. The molecule has 1 N–H and O–H groups in total. The van der Waals surface area contributed by atoms with Crippen molar-refractivity contribution in [3.63, 3.8) is 0 Å². The lowest BCUT2D eigenvalue weighted by atomic mass is 10.2. The zero-order chi connectivity index (χ0) is 14.4. The predicted molar refractivity (Wildman–Crippen MR) is 69.9 cm³/mol. The molecule has 0 radical (unpaired) electrons. The lowest BCUT2D eigenvalue weighted by Crippen LogP contribution is -2.35. The van der Waals surface area contributed by atoms with Gasteiger partial charge in [-0.15, -0.1) is 0 Å². The summed E-state index contributed by atoms with van der Waals surface area (Å²) in [6.45, 7) is 5.70. The van der Waals surface area contributed by atoms with Crippen LogP contribution in [0.5, 0.6) is 0 Å². The van der Waals surface area contributed by atoms with Crippen LogP contribution in [0.3, 0.4) is 0 Å². The van der Waals surface area contributed by atoms with Crippen molar-refractivity contribution in [1.29, 1.82) is 0 Å². The molecule has 0 aliphatic rings. The topological polar surface area (TPSA) is 82.7 Å². The van der Waals surface area contributed by atoms with Gasteiger partial charge in [0.2, 0.25) is 5.89 Å². The third-order valence-corrected chi connectivity index (χ3v) is 2.58. The van der Waals surface area contributed by atoms with E-state index in [0.29, 0.717) is 24.8 Å². The highest BCUT2D eigenvalue weighted by Gasteiger charge is 2.16. The van der Waals surface area contributed by atoms with Gasteiger partial charge in [-0.2, -0.15) is 4.98 Å². The van der Waals surface area contributed by atoms with E-state index < -0.39 is 5.97 Å². The molecule has 7 nitrogen and oxygen atoms in total. The number of nitrogens with zero attached hydrogens (tertiary/aromatic N) is 4. The smallest absolute Gasteiger partial charge is 0.317 e. The van der Waals surface area contributed by atoms with E-state index in [1.165, 1.54) is 0 Å². The number of hydrogen-bond donors (Lipinski definition) is 1. The summed E-state index contributed by atoms with van der Waals surface area (Å²) < 4.78 is 5.14. The molecule has 1 aromatic rings. The first kappa shape index (κ1) is 15.6. The molecule has 0 fully saturated rings. The Morgan fingerprint density at radius 3 is 2.53 bits per heavy atom. The highest BCUT2D eigenvalue weighted by Crippen LogP contribution is 2.10. The van der Waals surface area contributed by atoms with E-state index in [0.717, 1.165) is 6.54 Å². The molecule has 1 rings (SSSR count). The van der Waals surface area contributed by atoms with Crippen LogP contribution in [0.15, 0.2) is 4.52 Å². The molecule has 0 unspecified atom stereocenters. The summed E-state index contributed by atoms with van der Waals surface area (Å²) in [6.07, 6.45) is 0. The average molecular weight is 270 g/mol. The Hall–Kier alpha value is -1.47. The van der Waals surface area contributed by atoms with Gasteiger partial charge >= 0.3 is 5.97 Å². The largest absolute Gasteiger partial charge is 0.480 e. The number of aromatic nitrogens is 2. The number of likely N-dealkylation sites (N-methyl/N-ethyl adjacent to an activating group) is 1. The molecule has 19 heavy (non-hydrogen) atoms. The number of carboxylic acid groups (broad SMARTS) is 1. The highest BCUT2D eigenvalue weighted by atomic mass is 16.5. The highest BCUT2D eigenvalue weighted by molar-refractivity contribution is 5.69. The molecule has 0 saturated heterocycles. The fourth-order valence-electron chi connectivity index (χ4n) is 1.50. The number of hydrogen-bond acceptors (Lipinski definition) is 6. The summed E-state index contributed by atoms with van der Waals surface area (Å²) in [4.78, 5) is 18.9. The standard InChI is InChI=1S/C12H22N4O3/c1-9(2)12-13-10(19-14-12)7-16(8-11(17)18)6-5-15(3)4/h9H,5-8H2,1-4H3,(H,17,18). The van der Waals surface area contributed by atoms with Crippen molar-refractivity contribution in [1.82, 2.24) is 19.9 Å². The fourth-order valence-corrected chi connectivity index (χ4v) is 1.50. The quantitative estimate of drug-likeness (QED) is 0.742. The van der Waals surface area contributed by atoms with E-state index in [-0.39, 0.29) is 12.5 Å². The van der Waals surface area contributed by atoms with Crippen molar-refractivity contribution < 1.29 is 14.4 Å². The average Bonchev–Trinajstić information content (AvgIpc) is 2.73. The zero-order valence-electron chi connectivity index (χ0n) is 12.0. The van der Waals surface area contributed by atoms with Gasteiger partial charge in [-0.1, -0.05) is 19.0 Å². The van der Waals surface area contributed by atoms with Gasteiger partial charge in [0.25, 0.3) is 0 Å². The molecule has 7 heteroatoms. The van der Waals surface area contributed by atoms with Crippen LogP contribution in [0.25, 0.3) is 0 Å². The van der Waals surface area contributed by atoms with Gasteiger partial charge in [-0.3, -0.25) is 9.69 Å². The second-order valence-electron chi connectivity index (χ2n) is 5.11. The summed E-state index contributed by atoms with van der Waals surface area (Å²) in [6, 6.07) is 0. The van der Waals surface area contributed by atoms with Crippen molar-refractivity contribution in [2.75, 3.05) is 33.7 Å². The van der Waals surface area contributed by atoms with E-state index in [1.54, 1.807) is 4.90 Å². The second kappa shape index (κ2) is 7.20. The Morgan fingerprint density at radius 1 is 1.37 bits per heavy atom. The third kappa shape index (κ3) is 5.80. The molecule has 0 saturated carbocycles. The molecule has 0 spiro atoms. The monoisotopic (exact) mass is 270 g/mol. The van der Waals surface area contributed by atoms with Crippen LogP contribution in [0.2, 0.25) is 0 Å². The number of aliphatic carboxylic acids is 1. The Bertz CT molecular complexity index is 403. The fraction of sp³-hybridized carbons (Fsp3) is 0.750. The minimum Gasteiger partial charge on any atom is -0.480 e. The lowest BCUT2D eigenvalue weighted by Gasteiger charge is -2.20. The summed E-state index contributed by atoms with van der Waals surface area (Å²) >= 11 is 0. The van der Waals surface area contributed by atoms with Crippen LogP contribution < -0.4 is 0 Å². The summed E-state index contributed by atoms with van der Waals surface area (Å²) in [5.74, 6) is 0.455. The molecular weight excluding hydrogens is 248 g/mol. The summed E-state index contributed by atoms with van der Waals surface area (Å²) in [5, 5.41) is 12.8. The van der Waals surface area contributed by atoms with Crippen LogP contribution in [-0.4, -0.2) is 64.7 Å². The predicted octanol–water partition coefficient (Wildman–Crippen LogP) is 0.641. The van der Waals surface area contributed by atoms with Crippen molar-refractivity contribution in [3.8, 4) is 0 Å². The Kier molecular flexibility index (Phi) is 5.91. The number of rotatable bonds is 8. The first-order valence-electron chi connectivity index (χ1n) is 6.30. The SMILES string of the molecule is CC(C)c1noc(CN(CCN(C)C)CC(=O)O)n1. The number of carbonyl (C=O) groups is 1. The van der Waals surface area contributed by atoms with E-state index >= 15 is 0 Å². The molecule has 0 atom stereocenters. The molecule has 0 aliphatic carbocycles. The van der Waals surface area contributed by atoms with Gasteiger partial charge < -0.3 is 14.5 Å². The zero-order valence-corrected chi connectivity index (χ0v) is 12.0. The molecule has 0 amide bonds. The van der Waals surface area contributed by atoms with Gasteiger partial charge in [0.15, 0.2) is 5.82 Å². The molecule has 1 heterocycles. The molecule has 108 valence electrons. The Morgan fingerprint density at radius 2 is 2.05 bits per heavy atom. The minimum atomic E-state index is -0.859. The minimum absolute atomic E-state index is 0.0345. The van der Waals surface area contributed by atoms with Crippen molar-refractivity contribution in [3.05, 3.63) is 11.7 Å². The van der Waals surface area contributed by atoms with Crippen LogP contribution in [0, 0.1) is 0 Å². The van der Waals surface area contributed by atoms with Crippen molar-refractivity contribution >= 4 is 5.97 Å². The maximum atomic E-state index is 10.8. The molecular formula is C12H22N4O3. The summed E-state index contributed by atoms with van der Waals surface area (Å²) in [5.41, 5.74) is 0. The van der Waals surface area contributed by atoms with Gasteiger partial charge in [0, 0.05) is 19.0 Å². The third-order valence-electron chi connectivity index (χ3n) is 2.58. The van der Waals surface area contributed by atoms with Crippen molar-refractivity contribution in [2.24, 2.45) is 0 Å². The van der Waals surface area contributed by atoms with Crippen LogP contribution in [0.1, 0.15) is 31.5 Å². The molecule has 0 aliphatic heterocycles. The van der Waals surface area contributed by atoms with E-state index in [4.69, 9.17) is 9.63 Å². The van der Waals surface area contributed by atoms with Gasteiger partial charge in [-0.05, 0) is 14.1 Å². The lowest BCUT2D eigenvalue weighted by molar-refractivity contribution is -0.138. The maximum absolute atomic E-state index is 10.8. The van der Waals surface area contributed by atoms with Gasteiger partial charge in [0.1, 0.15) is 0 Å².